The molecule has 5 N–H and O–H groups in total. The van der Waals surface area contributed by atoms with Crippen molar-refractivity contribution in [3.05, 3.63) is 0 Å². The molecule has 0 unspecified atom stereocenters. The molecule has 0 saturated heterocycles. The van der Waals surface area contributed by atoms with Crippen LogP contribution in [0.3, 0.4) is 0 Å². The van der Waals surface area contributed by atoms with Gasteiger partial charge in [0.2, 0.25) is 0 Å². The summed E-state index contributed by atoms with van der Waals surface area (Å²) in [6.45, 7) is 0. The van der Waals surface area contributed by atoms with Crippen molar-refractivity contribution in [2.24, 2.45) is 0 Å². The molecule has 0 radical (unpaired) electrons. The SMILES string of the molecule is O=P(O)(O)OP(=O)(O)OP(=O)(O)O.O=P([O-])([O-])[O-].[Na+].[Na+].[Na+]. The summed E-state index contributed by atoms with van der Waals surface area (Å²) in [5, 5.41) is 0. The van der Waals surface area contributed by atoms with E-state index in [4.69, 9.17) is 43.7 Å². The Morgan fingerprint density at radius 3 is 0.857 bits per heavy atom. The average Bonchev–Trinajstić information content (AvgIpc) is 1.64. The predicted molar refractivity (Wildman–Crippen MR) is 43.7 cm³/mol. The molecule has 0 heterocycles. The maximum atomic E-state index is 10.4. The van der Waals surface area contributed by atoms with Gasteiger partial charge in [-0.25, -0.2) is 13.7 Å². The second-order valence-electron chi connectivity index (χ2n) is 2.06. The van der Waals surface area contributed by atoms with Gasteiger partial charge in [-0.05, 0) is 0 Å². The first-order chi connectivity index (χ1) is 7.41. The molecule has 21 heavy (non-hydrogen) atoms. The van der Waals surface area contributed by atoms with Crippen LogP contribution in [-0.2, 0) is 26.9 Å². The molecule has 14 nitrogen and oxygen atoms in total. The molecule has 21 heteroatoms. The third-order valence-corrected chi connectivity index (χ3v) is 3.77. The molecule has 0 aromatic carbocycles. The van der Waals surface area contributed by atoms with E-state index in [-0.39, 0.29) is 88.7 Å². The number of phosphoric acid groups is 4. The van der Waals surface area contributed by atoms with Crippen LogP contribution in [-0.4, -0.2) is 24.5 Å². The van der Waals surface area contributed by atoms with Gasteiger partial charge < -0.3 is 43.7 Å². The molecule has 112 valence electrons. The minimum Gasteiger partial charge on any atom is -0.822 e. The van der Waals surface area contributed by atoms with Crippen molar-refractivity contribution in [3.8, 4) is 0 Å². The molecule has 0 aromatic rings. The van der Waals surface area contributed by atoms with E-state index in [2.05, 4.69) is 8.62 Å². The molecular formula is H5Na3O14P4. The first-order valence-corrected chi connectivity index (χ1v) is 9.02. The first kappa shape index (κ1) is 35.6. The van der Waals surface area contributed by atoms with E-state index in [1.165, 1.54) is 0 Å². The minimum atomic E-state index is -5.46. The van der Waals surface area contributed by atoms with Crippen LogP contribution in [0.2, 0.25) is 0 Å². The van der Waals surface area contributed by atoms with Crippen LogP contribution < -0.4 is 103 Å². The Balaban J connectivity index is -0.0000000933. The van der Waals surface area contributed by atoms with Gasteiger partial charge in [-0.1, -0.05) is 0 Å². The van der Waals surface area contributed by atoms with Gasteiger partial charge in [-0.3, -0.25) is 0 Å². The van der Waals surface area contributed by atoms with E-state index in [0.29, 0.717) is 0 Å². The second kappa shape index (κ2) is 13.7. The van der Waals surface area contributed by atoms with E-state index in [1.54, 1.807) is 0 Å². The minimum absolute atomic E-state index is 0. The average molecular weight is 422 g/mol. The zero-order valence-electron chi connectivity index (χ0n) is 10.7. The summed E-state index contributed by atoms with van der Waals surface area (Å²) in [6.07, 6.45) is 0. The van der Waals surface area contributed by atoms with Gasteiger partial charge in [0.05, 0.1) is 0 Å². The monoisotopic (exact) mass is 422 g/mol. The molecule has 0 fully saturated rings. The van der Waals surface area contributed by atoms with Crippen molar-refractivity contribution >= 4 is 31.3 Å². The standard InChI is InChI=1S/3Na.H5O10P3.H3O4P/c;;;1-11(2,3)9-13(7,8)10-12(4,5)6;1-5(2,3)4/h;;;(H,7,8)(H2,1,2,3)(H2,4,5,6);(H3,1,2,3,4)/q3*+1;;/p-3. The van der Waals surface area contributed by atoms with Crippen LogP contribution in [0.1, 0.15) is 0 Å². The zero-order valence-corrected chi connectivity index (χ0v) is 20.3. The van der Waals surface area contributed by atoms with Crippen molar-refractivity contribution in [2.45, 2.75) is 0 Å². The Hall–Kier alpha value is 3.52. The van der Waals surface area contributed by atoms with Crippen LogP contribution in [0.15, 0.2) is 0 Å². The molecule has 0 aliphatic heterocycles. The third kappa shape index (κ3) is 45.2. The summed E-state index contributed by atoms with van der Waals surface area (Å²) in [6, 6.07) is 0. The van der Waals surface area contributed by atoms with Crippen LogP contribution in [0.25, 0.3) is 0 Å². The second-order valence-corrected chi connectivity index (χ2v) is 7.16. The van der Waals surface area contributed by atoms with Crippen molar-refractivity contribution in [1.82, 2.24) is 0 Å². The molecule has 0 amide bonds. The van der Waals surface area contributed by atoms with Gasteiger partial charge in [0.1, 0.15) is 0 Å². The number of hydrogen-bond donors (Lipinski definition) is 5. The van der Waals surface area contributed by atoms with E-state index in [0.717, 1.165) is 0 Å². The molecular weight excluding hydrogens is 417 g/mol. The Labute approximate surface area is 183 Å². The summed E-state index contributed by atoms with van der Waals surface area (Å²) < 4.78 is 44.9. The number of hydrogen-bond acceptors (Lipinski definition) is 9. The molecule has 0 spiro atoms. The predicted octanol–water partition coefficient (Wildman–Crippen LogP) is -12.5. The molecule has 0 aliphatic carbocycles. The van der Waals surface area contributed by atoms with Gasteiger partial charge in [-0.2, -0.15) is 16.4 Å². The number of rotatable bonds is 4. The van der Waals surface area contributed by atoms with Crippen LogP contribution >= 0.6 is 31.3 Å². The van der Waals surface area contributed by atoms with E-state index in [1.807, 2.05) is 0 Å². The molecule has 0 aromatic heterocycles. The Morgan fingerprint density at radius 2 is 0.762 bits per heavy atom. The Bertz CT molecular complexity index is 401. The molecule has 0 aliphatic rings. The van der Waals surface area contributed by atoms with Crippen molar-refractivity contribution in [2.75, 3.05) is 0 Å². The third-order valence-electron chi connectivity index (χ3n) is 0.419. The van der Waals surface area contributed by atoms with E-state index in [9.17, 15) is 13.7 Å². The summed E-state index contributed by atoms with van der Waals surface area (Å²) in [7, 11) is -21.6. The summed E-state index contributed by atoms with van der Waals surface area (Å²) in [5.74, 6) is 0. The summed E-state index contributed by atoms with van der Waals surface area (Å²) >= 11 is 0. The van der Waals surface area contributed by atoms with Crippen molar-refractivity contribution < 1.29 is 155 Å². The quantitative estimate of drug-likeness (QED) is 0.208. The molecule has 0 bridgehead atoms. The van der Waals surface area contributed by atoms with Crippen molar-refractivity contribution in [3.63, 3.8) is 0 Å². The van der Waals surface area contributed by atoms with Crippen LogP contribution in [0.4, 0.5) is 0 Å². The fraction of sp³-hybridized carbons (Fsp3) is 0. The van der Waals surface area contributed by atoms with Gasteiger partial charge in [0, 0.05) is 0 Å². The largest absolute Gasteiger partial charge is 1.00 e. The summed E-state index contributed by atoms with van der Waals surface area (Å²) in [5.41, 5.74) is 0. The maximum absolute atomic E-state index is 10.4. The molecule has 0 atom stereocenters. The first-order valence-electron chi connectivity index (χ1n) is 3.01. The van der Waals surface area contributed by atoms with Crippen LogP contribution in [0.5, 0.6) is 0 Å². The maximum Gasteiger partial charge on any atom is 1.00 e. The van der Waals surface area contributed by atoms with E-state index < -0.39 is 31.3 Å². The van der Waals surface area contributed by atoms with Gasteiger partial charge in [0.25, 0.3) is 0 Å². The Morgan fingerprint density at radius 1 is 0.619 bits per heavy atom. The fourth-order valence-electron chi connectivity index (χ4n) is 0.284. The Kier molecular flexibility index (Phi) is 23.2. The van der Waals surface area contributed by atoms with Gasteiger partial charge in [-0.15, -0.1) is 0 Å². The normalized spacial score (nSPS) is 11.8. The zero-order chi connectivity index (χ0) is 15.4. The fourth-order valence-corrected chi connectivity index (χ4v) is 2.82. The van der Waals surface area contributed by atoms with Crippen LogP contribution in [0, 0.1) is 0 Å². The molecule has 0 saturated carbocycles. The summed E-state index contributed by atoms with van der Waals surface area (Å²) in [4.78, 5) is 65.9. The van der Waals surface area contributed by atoms with Gasteiger partial charge in [0.15, 0.2) is 0 Å². The smallest absolute Gasteiger partial charge is 0.822 e. The topological polar surface area (TPSA) is 257 Å². The van der Waals surface area contributed by atoms with Gasteiger partial charge >= 0.3 is 112 Å². The molecule has 0 rings (SSSR count). The van der Waals surface area contributed by atoms with E-state index >= 15 is 0 Å². The van der Waals surface area contributed by atoms with Crippen molar-refractivity contribution in [1.29, 1.82) is 0 Å².